The minimum Gasteiger partial charge on any atom is -0.459 e. The Bertz CT molecular complexity index is 3170. The molecule has 18 heteroatoms. The molecule has 2 fully saturated rings. The topological polar surface area (TPSA) is 232 Å². The van der Waals surface area contributed by atoms with Crippen molar-refractivity contribution in [1.29, 1.82) is 0 Å². The summed E-state index contributed by atoms with van der Waals surface area (Å²) in [6, 6.07) is 54.1. The van der Waals surface area contributed by atoms with Crippen LogP contribution in [0.25, 0.3) is 0 Å². The number of ether oxygens (including phenoxy) is 10. The Kier molecular flexibility index (Phi) is 18.0. The van der Waals surface area contributed by atoms with Crippen molar-refractivity contribution < 1.29 is 86.0 Å². The number of rotatable bonds is 18. The van der Waals surface area contributed by atoms with Gasteiger partial charge in [-0.1, -0.05) is 127 Å². The molecule has 18 nitrogen and oxygen atoms in total. The fourth-order valence-corrected chi connectivity index (χ4v) is 8.59. The molecule has 0 bridgehead atoms. The van der Waals surface area contributed by atoms with Crippen molar-refractivity contribution in [2.75, 3.05) is 13.2 Å². The van der Waals surface area contributed by atoms with Gasteiger partial charge in [-0.15, -0.1) is 0 Å². The zero-order valence-corrected chi connectivity index (χ0v) is 41.8. The summed E-state index contributed by atoms with van der Waals surface area (Å²) in [6.45, 7) is -1.50. The SMILES string of the molecule is O=C(OC[C@H]1O[C@@H](O)[C@H](OC(=O)c2ccccc2)[C@@H](OC(=O)c2ccccc2)[C@@H]1O[C@H]1O[C@H](COC(=O)c2ccccc2)[C@@H](OC(=O)c2ccccc2)[C@H](OC(=O)c2ccccc2)[C@H]1OC(=O)c1ccccc1)c1ccccc1. The average molecular weight is 1070 g/mol. The van der Waals surface area contributed by atoms with E-state index in [2.05, 4.69) is 0 Å². The Morgan fingerprint density at radius 2 is 0.557 bits per heavy atom. The molecule has 79 heavy (non-hydrogen) atoms. The molecule has 2 aliphatic rings. The van der Waals surface area contributed by atoms with Gasteiger partial charge in [-0.3, -0.25) is 0 Å². The van der Waals surface area contributed by atoms with Gasteiger partial charge in [0.15, 0.2) is 43.1 Å². The molecule has 402 valence electrons. The van der Waals surface area contributed by atoms with Crippen LogP contribution < -0.4 is 0 Å². The number of carbonyl (C=O) groups excluding carboxylic acids is 7. The highest BCUT2D eigenvalue weighted by atomic mass is 16.8. The summed E-state index contributed by atoms with van der Waals surface area (Å²) in [5.41, 5.74) is 0.298. The number of hydrogen-bond acceptors (Lipinski definition) is 18. The van der Waals surface area contributed by atoms with Gasteiger partial charge in [-0.2, -0.15) is 0 Å². The smallest absolute Gasteiger partial charge is 0.338 e. The lowest BCUT2D eigenvalue weighted by molar-refractivity contribution is -0.352. The minimum atomic E-state index is -2.12. The van der Waals surface area contributed by atoms with Crippen LogP contribution in [0.3, 0.4) is 0 Å². The van der Waals surface area contributed by atoms with Crippen molar-refractivity contribution in [3.63, 3.8) is 0 Å². The number of carbonyl (C=O) groups is 7. The highest BCUT2D eigenvalue weighted by Gasteiger charge is 2.58. The second-order valence-electron chi connectivity index (χ2n) is 17.8. The Balaban J connectivity index is 1.18. The minimum absolute atomic E-state index is 0.00210. The molecule has 0 aliphatic carbocycles. The normalized spacial score (nSPS) is 22.4. The Morgan fingerprint density at radius 1 is 0.304 bits per heavy atom. The van der Waals surface area contributed by atoms with Gasteiger partial charge in [0, 0.05) is 0 Å². The van der Waals surface area contributed by atoms with E-state index < -0.39 is 116 Å². The van der Waals surface area contributed by atoms with Crippen molar-refractivity contribution >= 4 is 41.8 Å². The van der Waals surface area contributed by atoms with Crippen LogP contribution in [-0.4, -0.2) is 122 Å². The van der Waals surface area contributed by atoms with Gasteiger partial charge < -0.3 is 52.5 Å². The monoisotopic (exact) mass is 1070 g/mol. The predicted octanol–water partition coefficient (Wildman–Crippen LogP) is 7.66. The fourth-order valence-electron chi connectivity index (χ4n) is 8.59. The first-order valence-corrected chi connectivity index (χ1v) is 24.9. The van der Waals surface area contributed by atoms with E-state index in [4.69, 9.17) is 47.4 Å². The number of hydrogen-bond donors (Lipinski definition) is 1. The van der Waals surface area contributed by atoms with Crippen LogP contribution in [-0.2, 0) is 47.4 Å². The molecule has 7 aromatic carbocycles. The molecular weight excluding hydrogens is 1020 g/mol. The molecule has 0 saturated carbocycles. The average Bonchev–Trinajstić information content (AvgIpc) is 3.51. The quantitative estimate of drug-likeness (QED) is 0.0642. The Morgan fingerprint density at radius 3 is 0.886 bits per heavy atom. The molecule has 2 aliphatic heterocycles. The van der Waals surface area contributed by atoms with Gasteiger partial charge in [0.1, 0.15) is 31.5 Å². The van der Waals surface area contributed by atoms with E-state index in [0.717, 1.165) is 0 Å². The zero-order chi connectivity index (χ0) is 55.1. The standard InChI is InChI=1S/C61H50O18/c62-53(38-22-8-1-9-23-38)70-36-45-48(49(75-56(65)41-28-14-4-15-29-41)51(60(69)72-45)77-58(67)43-32-18-6-19-33-43)79-61-52(78-59(68)44-34-20-7-21-35-44)50(76-57(66)42-30-16-5-17-31-42)47(74-55(64)40-26-12-3-13-27-40)46(73-61)37-71-54(63)39-24-10-2-11-25-39/h1-35,45-52,60-61,69H,36-37H2/t45-,46-,47-,48-,49+,50+,51-,52-,60-,61-/m1/s1. The van der Waals surface area contributed by atoms with Crippen molar-refractivity contribution in [2.24, 2.45) is 0 Å². The lowest BCUT2D eigenvalue weighted by atomic mass is 9.95. The number of aliphatic hydroxyl groups is 1. The molecule has 10 atom stereocenters. The first-order valence-electron chi connectivity index (χ1n) is 24.9. The highest BCUT2D eigenvalue weighted by Crippen LogP contribution is 2.36. The van der Waals surface area contributed by atoms with E-state index in [0.29, 0.717) is 0 Å². The third-order valence-corrected chi connectivity index (χ3v) is 12.5. The van der Waals surface area contributed by atoms with Crippen LogP contribution in [0.4, 0.5) is 0 Å². The summed E-state index contributed by atoms with van der Waals surface area (Å²) in [5.74, 6) is -6.72. The van der Waals surface area contributed by atoms with Crippen LogP contribution in [0.1, 0.15) is 72.5 Å². The molecule has 0 aromatic heterocycles. The molecular formula is C61H50O18. The molecule has 0 spiro atoms. The number of aliphatic hydroxyl groups excluding tert-OH is 1. The summed E-state index contributed by atoms with van der Waals surface area (Å²) in [5, 5.41) is 11.9. The van der Waals surface area contributed by atoms with E-state index in [-0.39, 0.29) is 38.9 Å². The van der Waals surface area contributed by atoms with Gasteiger partial charge in [0.2, 0.25) is 0 Å². The number of esters is 7. The summed E-state index contributed by atoms with van der Waals surface area (Å²) >= 11 is 0. The Labute approximate surface area is 452 Å². The van der Waals surface area contributed by atoms with Gasteiger partial charge in [0.25, 0.3) is 0 Å². The molecule has 9 rings (SSSR count). The van der Waals surface area contributed by atoms with Crippen molar-refractivity contribution in [1.82, 2.24) is 0 Å². The second kappa shape index (κ2) is 26.1. The van der Waals surface area contributed by atoms with Gasteiger partial charge in [-0.25, -0.2) is 33.6 Å². The van der Waals surface area contributed by atoms with Crippen molar-refractivity contribution in [2.45, 2.75) is 61.4 Å². The largest absolute Gasteiger partial charge is 0.459 e. The van der Waals surface area contributed by atoms with E-state index in [1.54, 1.807) is 127 Å². The lowest BCUT2D eigenvalue weighted by Gasteiger charge is -2.48. The maximum absolute atomic E-state index is 14.5. The van der Waals surface area contributed by atoms with Crippen LogP contribution in [0.5, 0.6) is 0 Å². The molecule has 1 N–H and O–H groups in total. The summed E-state index contributed by atoms with van der Waals surface area (Å²) in [6.07, 6.45) is -19.0. The maximum atomic E-state index is 14.5. The molecule has 0 unspecified atom stereocenters. The first kappa shape index (κ1) is 54.5. The van der Waals surface area contributed by atoms with Crippen LogP contribution in [0.2, 0.25) is 0 Å². The Hall–Kier alpha value is -9.33. The maximum Gasteiger partial charge on any atom is 0.338 e. The van der Waals surface area contributed by atoms with Crippen molar-refractivity contribution in [3.8, 4) is 0 Å². The van der Waals surface area contributed by atoms with Crippen LogP contribution in [0, 0.1) is 0 Å². The van der Waals surface area contributed by atoms with Crippen molar-refractivity contribution in [3.05, 3.63) is 251 Å². The van der Waals surface area contributed by atoms with Gasteiger partial charge >= 0.3 is 41.8 Å². The fraction of sp³-hybridized carbons (Fsp3) is 0.197. The third-order valence-electron chi connectivity index (χ3n) is 12.5. The third kappa shape index (κ3) is 13.8. The van der Waals surface area contributed by atoms with E-state index in [1.807, 2.05) is 0 Å². The lowest BCUT2D eigenvalue weighted by Crippen LogP contribution is -2.67. The summed E-state index contributed by atoms with van der Waals surface area (Å²) in [7, 11) is 0. The van der Waals surface area contributed by atoms with Gasteiger partial charge in [0.05, 0.1) is 38.9 Å². The molecule has 7 aromatic rings. The summed E-state index contributed by atoms with van der Waals surface area (Å²) in [4.78, 5) is 98.6. The van der Waals surface area contributed by atoms with Crippen LogP contribution >= 0.6 is 0 Å². The summed E-state index contributed by atoms with van der Waals surface area (Å²) < 4.78 is 62.0. The number of benzene rings is 7. The molecule has 2 saturated heterocycles. The predicted molar refractivity (Wildman–Crippen MR) is 276 cm³/mol. The molecule has 0 amide bonds. The highest BCUT2D eigenvalue weighted by molar-refractivity contribution is 5.93. The van der Waals surface area contributed by atoms with Crippen LogP contribution in [0.15, 0.2) is 212 Å². The zero-order valence-electron chi connectivity index (χ0n) is 41.8. The van der Waals surface area contributed by atoms with E-state index >= 15 is 0 Å². The van der Waals surface area contributed by atoms with E-state index in [1.165, 1.54) is 84.9 Å². The molecule has 2 heterocycles. The second-order valence-corrected chi connectivity index (χ2v) is 17.8. The van der Waals surface area contributed by atoms with E-state index in [9.17, 15) is 38.7 Å². The first-order chi connectivity index (χ1) is 38.5. The molecule has 0 radical (unpaired) electrons. The van der Waals surface area contributed by atoms with Gasteiger partial charge in [-0.05, 0) is 84.9 Å².